The van der Waals surface area contributed by atoms with Crippen molar-refractivity contribution in [2.45, 2.75) is 0 Å². The second-order valence-corrected chi connectivity index (χ2v) is 4.14. The number of hydrogen-bond acceptors (Lipinski definition) is 2. The summed E-state index contributed by atoms with van der Waals surface area (Å²) in [5.74, 6) is -2.16. The fourth-order valence-corrected chi connectivity index (χ4v) is 1.63. The molecule has 0 fully saturated rings. The van der Waals surface area contributed by atoms with Crippen LogP contribution in [-0.4, -0.2) is 11.9 Å². The number of nitrogens with two attached hydrogens (primary N) is 1. The van der Waals surface area contributed by atoms with Crippen molar-refractivity contribution in [2.24, 2.45) is 5.73 Å². The van der Waals surface area contributed by atoms with Crippen LogP contribution in [0, 0.1) is 11.6 Å². The van der Waals surface area contributed by atoms with Gasteiger partial charge in [-0.05, 0) is 36.4 Å². The van der Waals surface area contributed by atoms with Crippen LogP contribution in [0.3, 0.4) is 0 Å². The first-order valence-electron chi connectivity index (χ1n) is 5.88. The molecule has 0 aromatic heterocycles. The van der Waals surface area contributed by atoms with Gasteiger partial charge in [-0.25, -0.2) is 13.6 Å². The Morgan fingerprint density at radius 3 is 2.19 bits per heavy atom. The number of primary amides is 1. The predicted molar refractivity (Wildman–Crippen MR) is 74.0 cm³/mol. The Morgan fingerprint density at radius 2 is 1.62 bits per heavy atom. The van der Waals surface area contributed by atoms with Gasteiger partial charge in [-0.2, -0.15) is 0 Å². The Hall–Kier alpha value is -2.96. The highest BCUT2D eigenvalue weighted by atomic mass is 19.1. The Labute approximate surface area is 118 Å². The lowest BCUT2D eigenvalue weighted by molar-refractivity contribution is 0.102. The van der Waals surface area contributed by atoms with Crippen LogP contribution in [-0.2, 0) is 0 Å². The molecule has 0 heterocycles. The fraction of sp³-hybridized carbons (Fsp3) is 0. The first kappa shape index (κ1) is 14.4. The van der Waals surface area contributed by atoms with Crippen LogP contribution >= 0.6 is 0 Å². The van der Waals surface area contributed by atoms with Crippen molar-refractivity contribution in [1.82, 2.24) is 0 Å². The van der Waals surface area contributed by atoms with Crippen molar-refractivity contribution < 1.29 is 18.4 Å². The summed E-state index contributed by atoms with van der Waals surface area (Å²) in [6.45, 7) is 0. The molecule has 2 rings (SSSR count). The average Bonchev–Trinajstić information content (AvgIpc) is 2.42. The van der Waals surface area contributed by atoms with Gasteiger partial charge in [0.05, 0.1) is 5.69 Å². The summed E-state index contributed by atoms with van der Waals surface area (Å²) < 4.78 is 26.2. The monoisotopic (exact) mass is 291 g/mol. The standard InChI is InChI=1S/C14H11F2N3O2/c15-9-3-6-12(11(16)7-9)19-13(20)8-1-4-10(5-2-8)18-14(17)21/h1-7H,(H,19,20)(H3,17,18,21). The molecule has 0 aliphatic heterocycles. The number of benzene rings is 2. The first-order chi connectivity index (χ1) is 9.95. The van der Waals surface area contributed by atoms with Crippen molar-refractivity contribution in [3.8, 4) is 0 Å². The molecule has 0 radical (unpaired) electrons. The van der Waals surface area contributed by atoms with Crippen LogP contribution in [0.4, 0.5) is 25.0 Å². The molecule has 0 saturated carbocycles. The average molecular weight is 291 g/mol. The topological polar surface area (TPSA) is 84.2 Å². The molecule has 0 saturated heterocycles. The maximum atomic E-state index is 13.4. The highest BCUT2D eigenvalue weighted by Crippen LogP contribution is 2.17. The maximum Gasteiger partial charge on any atom is 0.316 e. The van der Waals surface area contributed by atoms with Crippen molar-refractivity contribution in [2.75, 3.05) is 10.6 Å². The van der Waals surface area contributed by atoms with Crippen molar-refractivity contribution >= 4 is 23.3 Å². The van der Waals surface area contributed by atoms with Crippen LogP contribution in [0.5, 0.6) is 0 Å². The van der Waals surface area contributed by atoms with E-state index in [0.717, 1.165) is 12.1 Å². The second kappa shape index (κ2) is 6.00. The number of anilines is 2. The van der Waals surface area contributed by atoms with Gasteiger partial charge in [0.2, 0.25) is 0 Å². The predicted octanol–water partition coefficient (Wildman–Crippen LogP) is 2.71. The van der Waals surface area contributed by atoms with Crippen molar-refractivity contribution in [3.05, 3.63) is 59.7 Å². The molecule has 2 aromatic rings. The van der Waals surface area contributed by atoms with Crippen LogP contribution in [0.2, 0.25) is 0 Å². The third-order valence-corrected chi connectivity index (χ3v) is 2.59. The number of hydrogen-bond donors (Lipinski definition) is 3. The van der Waals surface area contributed by atoms with E-state index in [0.29, 0.717) is 11.8 Å². The minimum Gasteiger partial charge on any atom is -0.351 e. The lowest BCUT2D eigenvalue weighted by Gasteiger charge is -2.07. The van der Waals surface area contributed by atoms with Gasteiger partial charge >= 0.3 is 6.03 Å². The van der Waals surface area contributed by atoms with Gasteiger partial charge in [0.15, 0.2) is 0 Å². The molecule has 0 aliphatic rings. The summed E-state index contributed by atoms with van der Waals surface area (Å²) >= 11 is 0. The first-order valence-corrected chi connectivity index (χ1v) is 5.88. The lowest BCUT2D eigenvalue weighted by atomic mass is 10.2. The van der Waals surface area contributed by atoms with Gasteiger partial charge in [-0.15, -0.1) is 0 Å². The van der Waals surface area contributed by atoms with Gasteiger partial charge in [0.1, 0.15) is 11.6 Å². The number of carbonyl (C=O) groups is 2. The molecular formula is C14H11F2N3O2. The summed E-state index contributed by atoms with van der Waals surface area (Å²) in [6, 6.07) is 7.94. The molecule has 21 heavy (non-hydrogen) atoms. The molecule has 0 atom stereocenters. The molecule has 0 spiro atoms. The molecule has 0 unspecified atom stereocenters. The highest BCUT2D eigenvalue weighted by Gasteiger charge is 2.10. The summed E-state index contributed by atoms with van der Waals surface area (Å²) in [4.78, 5) is 22.6. The molecule has 108 valence electrons. The SMILES string of the molecule is NC(=O)Nc1ccc(C(=O)Nc2ccc(F)cc2F)cc1. The largest absolute Gasteiger partial charge is 0.351 e. The van der Waals surface area contributed by atoms with Gasteiger partial charge in [-0.3, -0.25) is 4.79 Å². The summed E-state index contributed by atoms with van der Waals surface area (Å²) in [6.07, 6.45) is 0. The molecule has 2 aromatic carbocycles. The Kier molecular flexibility index (Phi) is 4.13. The number of rotatable bonds is 3. The van der Waals surface area contributed by atoms with Crippen LogP contribution in [0.1, 0.15) is 10.4 Å². The van der Waals surface area contributed by atoms with Crippen molar-refractivity contribution in [1.29, 1.82) is 0 Å². The van der Waals surface area contributed by atoms with Gasteiger partial charge in [-0.1, -0.05) is 0 Å². The number of halogens is 2. The van der Waals surface area contributed by atoms with E-state index in [2.05, 4.69) is 10.6 Å². The number of nitrogens with one attached hydrogen (secondary N) is 2. The summed E-state index contributed by atoms with van der Waals surface area (Å²) in [5, 5.41) is 4.66. The third-order valence-electron chi connectivity index (χ3n) is 2.59. The smallest absolute Gasteiger partial charge is 0.316 e. The molecule has 0 bridgehead atoms. The molecule has 4 N–H and O–H groups in total. The van der Waals surface area contributed by atoms with Gasteiger partial charge in [0.25, 0.3) is 5.91 Å². The number of amides is 3. The van der Waals surface area contributed by atoms with Gasteiger partial charge < -0.3 is 16.4 Å². The number of carbonyl (C=O) groups excluding carboxylic acids is 2. The van der Waals surface area contributed by atoms with Crippen LogP contribution in [0.25, 0.3) is 0 Å². The second-order valence-electron chi connectivity index (χ2n) is 4.14. The van der Waals surface area contributed by atoms with E-state index in [1.165, 1.54) is 24.3 Å². The molecule has 0 aliphatic carbocycles. The van der Waals surface area contributed by atoms with Crippen LogP contribution in [0.15, 0.2) is 42.5 Å². The van der Waals surface area contributed by atoms with E-state index in [9.17, 15) is 18.4 Å². The zero-order chi connectivity index (χ0) is 15.4. The van der Waals surface area contributed by atoms with E-state index in [4.69, 9.17) is 5.73 Å². The lowest BCUT2D eigenvalue weighted by Crippen LogP contribution is -2.19. The minimum atomic E-state index is -0.865. The minimum absolute atomic E-state index is 0.124. The normalized spacial score (nSPS) is 10.0. The highest BCUT2D eigenvalue weighted by molar-refractivity contribution is 6.04. The third kappa shape index (κ3) is 3.75. The molecular weight excluding hydrogens is 280 g/mol. The quantitative estimate of drug-likeness (QED) is 0.812. The zero-order valence-electron chi connectivity index (χ0n) is 10.7. The summed E-state index contributed by atoms with van der Waals surface area (Å²) in [5.41, 5.74) is 5.49. The van der Waals surface area contributed by atoms with Gasteiger partial charge in [0, 0.05) is 17.3 Å². The maximum absolute atomic E-state index is 13.4. The zero-order valence-corrected chi connectivity index (χ0v) is 10.7. The Bertz CT molecular complexity index is 687. The Balaban J connectivity index is 2.11. The van der Waals surface area contributed by atoms with Crippen molar-refractivity contribution in [3.63, 3.8) is 0 Å². The molecule has 7 heteroatoms. The van der Waals surface area contributed by atoms with E-state index < -0.39 is 23.6 Å². The molecule has 5 nitrogen and oxygen atoms in total. The molecule has 3 amide bonds. The summed E-state index contributed by atoms with van der Waals surface area (Å²) in [7, 11) is 0. The van der Waals surface area contributed by atoms with E-state index in [-0.39, 0.29) is 11.3 Å². The van der Waals surface area contributed by atoms with E-state index in [1.54, 1.807) is 0 Å². The van der Waals surface area contributed by atoms with Crippen LogP contribution < -0.4 is 16.4 Å². The number of urea groups is 1. The van der Waals surface area contributed by atoms with E-state index in [1.807, 2.05) is 0 Å². The fourth-order valence-electron chi connectivity index (χ4n) is 1.63. The Morgan fingerprint density at radius 1 is 0.952 bits per heavy atom. The van der Waals surface area contributed by atoms with E-state index >= 15 is 0 Å².